The van der Waals surface area contributed by atoms with E-state index < -0.39 is 0 Å². The Bertz CT molecular complexity index is 867. The van der Waals surface area contributed by atoms with Crippen LogP contribution in [0, 0.1) is 0 Å². The highest BCUT2D eigenvalue weighted by molar-refractivity contribution is 14.0. The zero-order valence-electron chi connectivity index (χ0n) is 18.0. The Morgan fingerprint density at radius 1 is 1.13 bits per heavy atom. The van der Waals surface area contributed by atoms with Crippen molar-refractivity contribution >= 4 is 52.9 Å². The molecule has 1 aromatic heterocycles. The number of hydrogen-bond donors (Lipinski definition) is 2. The maximum absolute atomic E-state index is 12.8. The minimum absolute atomic E-state index is 0. The second-order valence-corrected chi connectivity index (χ2v) is 8.75. The number of guanidine groups is 1. The molecular weight excluding hydrogens is 521 g/mol. The van der Waals surface area contributed by atoms with Crippen LogP contribution < -0.4 is 15.5 Å². The highest BCUT2D eigenvalue weighted by atomic mass is 127. The van der Waals surface area contributed by atoms with Gasteiger partial charge in [0.15, 0.2) is 5.96 Å². The molecule has 3 heterocycles. The van der Waals surface area contributed by atoms with E-state index in [-0.39, 0.29) is 36.4 Å². The van der Waals surface area contributed by atoms with Gasteiger partial charge in [0.25, 0.3) is 0 Å². The summed E-state index contributed by atoms with van der Waals surface area (Å²) < 4.78 is 0. The zero-order chi connectivity index (χ0) is 20.8. The second-order valence-electron chi connectivity index (χ2n) is 7.77. The van der Waals surface area contributed by atoms with Crippen molar-refractivity contribution in [1.29, 1.82) is 0 Å². The molecule has 31 heavy (non-hydrogen) atoms. The minimum atomic E-state index is 0. The SMILES string of the molecule is CCNC(=NCC(=O)N1CCc2ccccc21)NCC(c1cccs1)N1CCCC1.I. The number of likely N-dealkylation sites (tertiary alicyclic amines) is 1. The van der Waals surface area contributed by atoms with Crippen molar-refractivity contribution in [2.75, 3.05) is 44.2 Å². The summed E-state index contributed by atoms with van der Waals surface area (Å²) in [7, 11) is 0. The van der Waals surface area contributed by atoms with Gasteiger partial charge in [0.05, 0.1) is 6.04 Å². The Morgan fingerprint density at radius 2 is 1.94 bits per heavy atom. The molecule has 1 aromatic carbocycles. The molecular formula is C23H32IN5OS. The number of benzene rings is 1. The highest BCUT2D eigenvalue weighted by Gasteiger charge is 2.25. The summed E-state index contributed by atoms with van der Waals surface area (Å²) in [6.45, 7) is 6.78. The number of hydrogen-bond acceptors (Lipinski definition) is 4. The second kappa shape index (κ2) is 11.8. The Labute approximate surface area is 206 Å². The van der Waals surface area contributed by atoms with E-state index in [9.17, 15) is 4.79 Å². The fourth-order valence-corrected chi connectivity index (χ4v) is 5.17. The first kappa shape index (κ1) is 24.0. The lowest BCUT2D eigenvalue weighted by Gasteiger charge is -2.27. The van der Waals surface area contributed by atoms with Gasteiger partial charge in [-0.2, -0.15) is 0 Å². The number of thiophene rings is 1. The Hall–Kier alpha value is -1.65. The smallest absolute Gasteiger partial charge is 0.248 e. The average Bonchev–Trinajstić information content (AvgIpc) is 3.54. The topological polar surface area (TPSA) is 60.0 Å². The fourth-order valence-electron chi connectivity index (χ4n) is 4.31. The molecule has 1 fully saturated rings. The molecule has 2 N–H and O–H groups in total. The number of fused-ring (bicyclic) bond motifs is 1. The predicted octanol–water partition coefficient (Wildman–Crippen LogP) is 3.65. The van der Waals surface area contributed by atoms with Gasteiger partial charge in [-0.25, -0.2) is 4.99 Å². The van der Waals surface area contributed by atoms with Gasteiger partial charge in [0.1, 0.15) is 6.54 Å². The first-order chi connectivity index (χ1) is 14.8. The number of anilines is 1. The number of amides is 1. The molecule has 6 nitrogen and oxygen atoms in total. The summed E-state index contributed by atoms with van der Waals surface area (Å²) in [5.41, 5.74) is 2.27. The van der Waals surface area contributed by atoms with Gasteiger partial charge in [-0.3, -0.25) is 9.69 Å². The third-order valence-electron chi connectivity index (χ3n) is 5.82. The van der Waals surface area contributed by atoms with E-state index in [0.717, 1.165) is 44.8 Å². The summed E-state index contributed by atoms with van der Waals surface area (Å²) >= 11 is 1.81. The third kappa shape index (κ3) is 5.98. The van der Waals surface area contributed by atoms with Crippen LogP contribution in [-0.4, -0.2) is 56.0 Å². The largest absolute Gasteiger partial charge is 0.357 e. The van der Waals surface area contributed by atoms with E-state index in [1.807, 2.05) is 41.4 Å². The van der Waals surface area contributed by atoms with Gasteiger partial charge in [-0.1, -0.05) is 24.3 Å². The van der Waals surface area contributed by atoms with Crippen LogP contribution in [0.1, 0.15) is 36.2 Å². The summed E-state index contributed by atoms with van der Waals surface area (Å²) in [5, 5.41) is 8.92. The van der Waals surface area contributed by atoms with Crippen molar-refractivity contribution < 1.29 is 4.79 Å². The van der Waals surface area contributed by atoms with Gasteiger partial charge < -0.3 is 15.5 Å². The molecule has 2 aromatic rings. The number of para-hydroxylation sites is 1. The molecule has 0 bridgehead atoms. The minimum Gasteiger partial charge on any atom is -0.357 e. The average molecular weight is 554 g/mol. The lowest BCUT2D eigenvalue weighted by Crippen LogP contribution is -2.43. The van der Waals surface area contributed by atoms with Crippen LogP contribution in [0.5, 0.6) is 0 Å². The number of nitrogens with one attached hydrogen (secondary N) is 2. The van der Waals surface area contributed by atoms with Crippen LogP contribution in [0.2, 0.25) is 0 Å². The fraction of sp³-hybridized carbons (Fsp3) is 0.478. The lowest BCUT2D eigenvalue weighted by atomic mass is 10.2. The van der Waals surface area contributed by atoms with Crippen LogP contribution in [0.4, 0.5) is 5.69 Å². The maximum atomic E-state index is 12.8. The molecule has 1 atom stereocenters. The molecule has 4 rings (SSSR count). The molecule has 2 aliphatic heterocycles. The van der Waals surface area contributed by atoms with Gasteiger partial charge in [-0.05, 0) is 62.4 Å². The predicted molar refractivity (Wildman–Crippen MR) is 140 cm³/mol. The van der Waals surface area contributed by atoms with Crippen LogP contribution in [0.25, 0.3) is 0 Å². The lowest BCUT2D eigenvalue weighted by molar-refractivity contribution is -0.117. The standard InChI is InChI=1S/C23H31N5OS.HI/c1-2-24-23(25-16-20(21-10-7-15-30-21)27-12-5-6-13-27)26-17-22(29)28-14-11-18-8-3-4-9-19(18)28;/h3-4,7-10,15,20H,2,5-6,11-14,16-17H2,1H3,(H2,24,25,26);1H. The Kier molecular flexibility index (Phi) is 9.15. The van der Waals surface area contributed by atoms with Crippen LogP contribution in [0.3, 0.4) is 0 Å². The number of carbonyl (C=O) groups excluding carboxylic acids is 1. The van der Waals surface area contributed by atoms with E-state index >= 15 is 0 Å². The zero-order valence-corrected chi connectivity index (χ0v) is 21.2. The number of carbonyl (C=O) groups is 1. The van der Waals surface area contributed by atoms with Crippen molar-refractivity contribution in [3.8, 4) is 0 Å². The number of nitrogens with zero attached hydrogens (tertiary/aromatic N) is 3. The van der Waals surface area contributed by atoms with E-state index in [4.69, 9.17) is 0 Å². The first-order valence-electron chi connectivity index (χ1n) is 10.9. The van der Waals surface area contributed by atoms with Crippen molar-refractivity contribution in [3.63, 3.8) is 0 Å². The highest BCUT2D eigenvalue weighted by Crippen LogP contribution is 2.28. The molecule has 8 heteroatoms. The molecule has 0 aliphatic carbocycles. The van der Waals surface area contributed by atoms with Crippen LogP contribution in [0.15, 0.2) is 46.8 Å². The molecule has 2 aliphatic rings. The summed E-state index contributed by atoms with van der Waals surface area (Å²) in [6, 6.07) is 12.8. The van der Waals surface area contributed by atoms with Crippen LogP contribution >= 0.6 is 35.3 Å². The third-order valence-corrected chi connectivity index (χ3v) is 6.79. The van der Waals surface area contributed by atoms with Gasteiger partial charge in [-0.15, -0.1) is 35.3 Å². The summed E-state index contributed by atoms with van der Waals surface area (Å²) in [6.07, 6.45) is 3.45. The van der Waals surface area contributed by atoms with Gasteiger partial charge in [0.2, 0.25) is 5.91 Å². The van der Waals surface area contributed by atoms with E-state index in [1.165, 1.54) is 23.3 Å². The molecule has 1 unspecified atom stereocenters. The van der Waals surface area contributed by atoms with Gasteiger partial charge >= 0.3 is 0 Å². The number of aliphatic imine (C=N–C) groups is 1. The molecule has 0 radical (unpaired) electrons. The van der Waals surface area contributed by atoms with Gasteiger partial charge in [0, 0.05) is 30.2 Å². The summed E-state index contributed by atoms with van der Waals surface area (Å²) in [5.74, 6) is 0.755. The molecule has 0 saturated carbocycles. The normalized spacial score (nSPS) is 17.2. The van der Waals surface area contributed by atoms with Crippen molar-refractivity contribution in [1.82, 2.24) is 15.5 Å². The van der Waals surface area contributed by atoms with E-state index in [0.29, 0.717) is 12.0 Å². The monoisotopic (exact) mass is 553 g/mol. The first-order valence-corrected chi connectivity index (χ1v) is 11.8. The molecule has 1 amide bonds. The number of rotatable bonds is 7. The van der Waals surface area contributed by atoms with Crippen molar-refractivity contribution in [3.05, 3.63) is 52.2 Å². The Morgan fingerprint density at radius 3 is 2.68 bits per heavy atom. The van der Waals surface area contributed by atoms with E-state index in [2.05, 4.69) is 44.1 Å². The van der Waals surface area contributed by atoms with Crippen molar-refractivity contribution in [2.45, 2.75) is 32.2 Å². The molecule has 1 saturated heterocycles. The number of halogens is 1. The van der Waals surface area contributed by atoms with Crippen molar-refractivity contribution in [2.24, 2.45) is 4.99 Å². The van der Waals surface area contributed by atoms with Crippen LogP contribution in [-0.2, 0) is 11.2 Å². The molecule has 168 valence electrons. The summed E-state index contributed by atoms with van der Waals surface area (Å²) in [4.78, 5) is 23.2. The molecule has 0 spiro atoms. The maximum Gasteiger partial charge on any atom is 0.248 e. The Balaban J connectivity index is 0.00000272. The quantitative estimate of drug-likeness (QED) is 0.313. The van der Waals surface area contributed by atoms with E-state index in [1.54, 1.807) is 0 Å².